The molecule has 1 aromatic heterocycles. The van der Waals surface area contributed by atoms with E-state index in [0.29, 0.717) is 6.54 Å². The molecule has 3 aromatic rings. The number of amides is 2. The van der Waals surface area contributed by atoms with Gasteiger partial charge in [0.1, 0.15) is 5.69 Å². The first-order valence-electron chi connectivity index (χ1n) is 9.57. The lowest BCUT2D eigenvalue weighted by Crippen LogP contribution is -2.36. The van der Waals surface area contributed by atoms with Crippen molar-refractivity contribution < 1.29 is 9.59 Å². The van der Waals surface area contributed by atoms with Crippen LogP contribution in [0.15, 0.2) is 79.3 Å². The molecule has 0 radical (unpaired) electrons. The van der Waals surface area contributed by atoms with Crippen LogP contribution in [0.3, 0.4) is 0 Å². The largest absolute Gasteiger partial charge is 0.350 e. The summed E-state index contributed by atoms with van der Waals surface area (Å²) in [6, 6.07) is 19.4. The number of nitrogens with one attached hydrogen (secondary N) is 1. The van der Waals surface area contributed by atoms with Crippen LogP contribution in [-0.2, 0) is 11.3 Å². The second-order valence-corrected chi connectivity index (χ2v) is 6.75. The highest BCUT2D eigenvalue weighted by Gasteiger charge is 2.19. The smallest absolute Gasteiger partial charge is 0.274 e. The molecule has 0 fully saturated rings. The van der Waals surface area contributed by atoms with Gasteiger partial charge in [-0.2, -0.15) is 0 Å². The zero-order chi connectivity index (χ0) is 20.5. The molecule has 0 saturated carbocycles. The van der Waals surface area contributed by atoms with E-state index in [4.69, 9.17) is 0 Å². The summed E-state index contributed by atoms with van der Waals surface area (Å²) in [5, 5.41) is 2.99. The molecule has 1 heterocycles. The molecule has 0 saturated heterocycles. The van der Waals surface area contributed by atoms with E-state index in [9.17, 15) is 9.59 Å². The number of carbonyl (C=O) groups is 2. The number of nitrogens with zero attached hydrogens (tertiary/aromatic N) is 3. The van der Waals surface area contributed by atoms with Crippen molar-refractivity contribution in [2.45, 2.75) is 25.9 Å². The van der Waals surface area contributed by atoms with Gasteiger partial charge in [-0.05, 0) is 18.1 Å². The van der Waals surface area contributed by atoms with Crippen molar-refractivity contribution in [2.75, 3.05) is 6.54 Å². The normalized spacial score (nSPS) is 11.5. The fraction of sp³-hybridized carbons (Fsp3) is 0.217. The minimum atomic E-state index is -0.245. The Balaban J connectivity index is 1.64. The maximum atomic E-state index is 12.9. The van der Waals surface area contributed by atoms with Crippen LogP contribution in [0.1, 0.15) is 41.0 Å². The third-order valence-corrected chi connectivity index (χ3v) is 4.57. The third kappa shape index (κ3) is 5.97. The highest BCUT2D eigenvalue weighted by molar-refractivity contribution is 5.92. The van der Waals surface area contributed by atoms with Crippen molar-refractivity contribution in [1.82, 2.24) is 20.2 Å². The SMILES string of the molecule is C[C@H](NC(=O)CCN(Cc1ccccc1)C(=O)c1cnccn1)c1ccccc1. The van der Waals surface area contributed by atoms with Crippen LogP contribution in [0, 0.1) is 0 Å². The summed E-state index contributed by atoms with van der Waals surface area (Å²) < 4.78 is 0. The number of aromatic nitrogens is 2. The average molecular weight is 388 g/mol. The zero-order valence-electron chi connectivity index (χ0n) is 16.4. The summed E-state index contributed by atoms with van der Waals surface area (Å²) in [5.74, 6) is -0.350. The molecule has 0 spiro atoms. The molecule has 3 rings (SSSR count). The second-order valence-electron chi connectivity index (χ2n) is 6.75. The molecule has 2 aromatic carbocycles. The Morgan fingerprint density at radius 2 is 1.69 bits per heavy atom. The first-order valence-corrected chi connectivity index (χ1v) is 9.57. The first-order chi connectivity index (χ1) is 14.1. The van der Waals surface area contributed by atoms with Crippen LogP contribution in [0.5, 0.6) is 0 Å². The number of benzene rings is 2. The van der Waals surface area contributed by atoms with Crippen molar-refractivity contribution in [1.29, 1.82) is 0 Å². The molecule has 2 amide bonds. The second kappa shape index (κ2) is 10.1. The Bertz CT molecular complexity index is 917. The minimum absolute atomic E-state index is 0.0954. The predicted molar refractivity (Wildman–Crippen MR) is 111 cm³/mol. The first kappa shape index (κ1) is 20.2. The van der Waals surface area contributed by atoms with E-state index < -0.39 is 0 Å². The number of hydrogen-bond acceptors (Lipinski definition) is 4. The van der Waals surface area contributed by atoms with Crippen LogP contribution in [0.4, 0.5) is 0 Å². The molecular formula is C23H24N4O2. The van der Waals surface area contributed by atoms with Gasteiger partial charge in [-0.3, -0.25) is 14.6 Å². The summed E-state index contributed by atoms with van der Waals surface area (Å²) in [5.41, 5.74) is 2.29. The van der Waals surface area contributed by atoms with Gasteiger partial charge in [0.15, 0.2) is 0 Å². The Hall–Kier alpha value is -3.54. The summed E-state index contributed by atoms with van der Waals surface area (Å²) in [6.45, 7) is 2.63. The molecule has 0 unspecified atom stereocenters. The van der Waals surface area contributed by atoms with Gasteiger partial charge < -0.3 is 10.2 Å². The lowest BCUT2D eigenvalue weighted by atomic mass is 10.1. The van der Waals surface area contributed by atoms with E-state index in [0.717, 1.165) is 11.1 Å². The van der Waals surface area contributed by atoms with E-state index >= 15 is 0 Å². The maximum Gasteiger partial charge on any atom is 0.274 e. The van der Waals surface area contributed by atoms with Crippen molar-refractivity contribution in [3.63, 3.8) is 0 Å². The molecule has 0 aliphatic heterocycles. The highest BCUT2D eigenvalue weighted by Crippen LogP contribution is 2.12. The van der Waals surface area contributed by atoms with Crippen LogP contribution < -0.4 is 5.32 Å². The average Bonchev–Trinajstić information content (AvgIpc) is 2.78. The fourth-order valence-electron chi connectivity index (χ4n) is 3.00. The van der Waals surface area contributed by atoms with E-state index in [1.54, 1.807) is 4.90 Å². The van der Waals surface area contributed by atoms with Gasteiger partial charge in [-0.1, -0.05) is 60.7 Å². The molecule has 0 aliphatic rings. The molecule has 6 nitrogen and oxygen atoms in total. The van der Waals surface area contributed by atoms with Gasteiger partial charge >= 0.3 is 0 Å². The molecular weight excluding hydrogens is 364 g/mol. The number of carbonyl (C=O) groups excluding carboxylic acids is 2. The lowest BCUT2D eigenvalue weighted by molar-refractivity contribution is -0.121. The van der Waals surface area contributed by atoms with Gasteiger partial charge in [-0.15, -0.1) is 0 Å². The van der Waals surface area contributed by atoms with Crippen molar-refractivity contribution in [2.24, 2.45) is 0 Å². The number of hydrogen-bond donors (Lipinski definition) is 1. The summed E-state index contributed by atoms with van der Waals surface area (Å²) in [4.78, 5) is 35.1. The van der Waals surface area contributed by atoms with Crippen LogP contribution >= 0.6 is 0 Å². The molecule has 29 heavy (non-hydrogen) atoms. The molecule has 0 aliphatic carbocycles. The van der Waals surface area contributed by atoms with Gasteiger partial charge in [0.25, 0.3) is 5.91 Å². The molecule has 0 bridgehead atoms. The van der Waals surface area contributed by atoms with E-state index in [1.807, 2.05) is 67.6 Å². The monoisotopic (exact) mass is 388 g/mol. The fourth-order valence-corrected chi connectivity index (χ4v) is 3.00. The van der Waals surface area contributed by atoms with E-state index in [1.165, 1.54) is 18.6 Å². The predicted octanol–water partition coefficient (Wildman–Crippen LogP) is 3.39. The van der Waals surface area contributed by atoms with Gasteiger partial charge in [0.2, 0.25) is 5.91 Å². The maximum absolute atomic E-state index is 12.9. The summed E-state index contributed by atoms with van der Waals surface area (Å²) in [6.07, 6.45) is 4.66. The highest BCUT2D eigenvalue weighted by atomic mass is 16.2. The van der Waals surface area contributed by atoms with Crippen LogP contribution in [0.2, 0.25) is 0 Å². The van der Waals surface area contributed by atoms with Crippen molar-refractivity contribution in [3.05, 3.63) is 96.1 Å². The molecule has 1 atom stereocenters. The topological polar surface area (TPSA) is 75.2 Å². The summed E-state index contributed by atoms with van der Waals surface area (Å²) >= 11 is 0. The minimum Gasteiger partial charge on any atom is -0.350 e. The zero-order valence-corrected chi connectivity index (χ0v) is 16.4. The number of rotatable bonds is 8. The standard InChI is InChI=1S/C23H24N4O2/c1-18(20-10-6-3-7-11-20)26-22(28)12-15-27(17-19-8-4-2-5-9-19)23(29)21-16-24-13-14-25-21/h2-11,13-14,16,18H,12,15,17H2,1H3,(H,26,28)/t18-/m0/s1. The van der Waals surface area contributed by atoms with Crippen LogP contribution in [-0.4, -0.2) is 33.2 Å². The van der Waals surface area contributed by atoms with E-state index in [2.05, 4.69) is 15.3 Å². The van der Waals surface area contributed by atoms with Gasteiger partial charge in [0, 0.05) is 31.9 Å². The van der Waals surface area contributed by atoms with E-state index in [-0.39, 0.29) is 36.5 Å². The van der Waals surface area contributed by atoms with Gasteiger partial charge in [0.05, 0.1) is 12.2 Å². The third-order valence-electron chi connectivity index (χ3n) is 4.57. The Morgan fingerprint density at radius 1 is 1.00 bits per heavy atom. The van der Waals surface area contributed by atoms with Crippen molar-refractivity contribution >= 4 is 11.8 Å². The molecule has 6 heteroatoms. The molecule has 148 valence electrons. The Labute approximate surface area is 170 Å². The lowest BCUT2D eigenvalue weighted by Gasteiger charge is -2.23. The van der Waals surface area contributed by atoms with Gasteiger partial charge in [-0.25, -0.2) is 4.98 Å². The Kier molecular flexibility index (Phi) is 7.05. The molecule has 1 N–H and O–H groups in total. The van der Waals surface area contributed by atoms with Crippen LogP contribution in [0.25, 0.3) is 0 Å². The van der Waals surface area contributed by atoms with Crippen molar-refractivity contribution in [3.8, 4) is 0 Å². The Morgan fingerprint density at radius 3 is 2.34 bits per heavy atom. The quantitative estimate of drug-likeness (QED) is 0.642. The summed E-state index contributed by atoms with van der Waals surface area (Å²) in [7, 11) is 0.